The molecule has 4 heterocycles. The highest BCUT2D eigenvalue weighted by molar-refractivity contribution is 5.42. The lowest BCUT2D eigenvalue weighted by Crippen LogP contribution is -2.39. The van der Waals surface area contributed by atoms with E-state index >= 15 is 0 Å². The topological polar surface area (TPSA) is 66.4 Å². The number of alkyl halides is 3. The first-order chi connectivity index (χ1) is 14.5. The Balaban J connectivity index is 1.27. The fourth-order valence-electron chi connectivity index (χ4n) is 3.73. The summed E-state index contributed by atoms with van der Waals surface area (Å²) in [6.45, 7) is 5.29. The van der Waals surface area contributed by atoms with Gasteiger partial charge >= 0.3 is 6.18 Å². The summed E-state index contributed by atoms with van der Waals surface area (Å²) in [5.74, 6) is 1.53. The molecule has 4 rings (SSSR count). The number of morpholine rings is 1. The van der Waals surface area contributed by atoms with Crippen LogP contribution in [0.25, 0.3) is 0 Å². The van der Waals surface area contributed by atoms with E-state index in [1.54, 1.807) is 6.20 Å². The van der Waals surface area contributed by atoms with Crippen LogP contribution in [0.1, 0.15) is 24.1 Å². The molecule has 2 saturated heterocycles. The summed E-state index contributed by atoms with van der Waals surface area (Å²) in [6, 6.07) is 4.74. The van der Waals surface area contributed by atoms with Crippen molar-refractivity contribution in [3.63, 3.8) is 0 Å². The number of anilines is 2. The third-order valence-corrected chi connectivity index (χ3v) is 5.40. The Bertz CT molecular complexity index is 818. The number of nitrogens with one attached hydrogen (secondary N) is 1. The third kappa shape index (κ3) is 5.37. The molecule has 0 bridgehead atoms. The van der Waals surface area contributed by atoms with Crippen molar-refractivity contribution in [2.45, 2.75) is 31.6 Å². The van der Waals surface area contributed by atoms with E-state index in [-0.39, 0.29) is 0 Å². The van der Waals surface area contributed by atoms with Crippen molar-refractivity contribution in [1.82, 2.24) is 19.9 Å². The van der Waals surface area contributed by atoms with E-state index in [9.17, 15) is 13.2 Å². The van der Waals surface area contributed by atoms with Gasteiger partial charge in [0.2, 0.25) is 5.95 Å². The molecule has 0 atom stereocenters. The number of likely N-dealkylation sites (tertiary alicyclic amines) is 1. The predicted molar refractivity (Wildman–Crippen MR) is 106 cm³/mol. The molecule has 2 aromatic heterocycles. The van der Waals surface area contributed by atoms with Gasteiger partial charge in [-0.1, -0.05) is 6.07 Å². The zero-order chi connectivity index (χ0) is 21.0. The molecule has 30 heavy (non-hydrogen) atoms. The van der Waals surface area contributed by atoms with E-state index in [0.29, 0.717) is 25.8 Å². The minimum atomic E-state index is -4.40. The Morgan fingerprint density at radius 2 is 1.80 bits per heavy atom. The molecule has 10 heteroatoms. The highest BCUT2D eigenvalue weighted by atomic mass is 19.4. The van der Waals surface area contributed by atoms with Gasteiger partial charge in [0.15, 0.2) is 0 Å². The van der Waals surface area contributed by atoms with Crippen LogP contribution < -0.4 is 10.2 Å². The van der Waals surface area contributed by atoms with Crippen LogP contribution in [-0.4, -0.2) is 65.3 Å². The molecular weight excluding hydrogens is 397 g/mol. The molecule has 0 amide bonds. The third-order valence-electron chi connectivity index (χ3n) is 5.40. The van der Waals surface area contributed by atoms with Crippen molar-refractivity contribution in [1.29, 1.82) is 0 Å². The van der Waals surface area contributed by atoms with Crippen LogP contribution in [0.5, 0.6) is 0 Å². The zero-order valence-electron chi connectivity index (χ0n) is 16.6. The van der Waals surface area contributed by atoms with Gasteiger partial charge in [-0.2, -0.15) is 18.2 Å². The van der Waals surface area contributed by atoms with Crippen molar-refractivity contribution in [3.8, 4) is 0 Å². The molecule has 2 aromatic rings. The first-order valence-corrected chi connectivity index (χ1v) is 10.1. The highest BCUT2D eigenvalue weighted by Crippen LogP contribution is 2.27. The van der Waals surface area contributed by atoms with Gasteiger partial charge in [-0.25, -0.2) is 4.98 Å². The van der Waals surface area contributed by atoms with Gasteiger partial charge in [-0.05, 0) is 30.5 Å². The van der Waals surface area contributed by atoms with Crippen molar-refractivity contribution < 1.29 is 17.9 Å². The Hall–Kier alpha value is -2.46. The van der Waals surface area contributed by atoms with E-state index in [4.69, 9.17) is 4.74 Å². The fraction of sp³-hybridized carbons (Fsp3) is 0.550. The molecule has 0 aliphatic carbocycles. The van der Waals surface area contributed by atoms with Crippen molar-refractivity contribution in [3.05, 3.63) is 41.9 Å². The number of piperidine rings is 1. The van der Waals surface area contributed by atoms with Gasteiger partial charge < -0.3 is 15.0 Å². The van der Waals surface area contributed by atoms with Crippen LogP contribution in [-0.2, 0) is 17.5 Å². The van der Waals surface area contributed by atoms with Gasteiger partial charge in [0.1, 0.15) is 11.5 Å². The Labute approximate surface area is 173 Å². The van der Waals surface area contributed by atoms with E-state index in [2.05, 4.69) is 30.1 Å². The van der Waals surface area contributed by atoms with Crippen LogP contribution in [0.4, 0.5) is 24.9 Å². The van der Waals surface area contributed by atoms with Crippen LogP contribution >= 0.6 is 0 Å². The Morgan fingerprint density at radius 3 is 2.47 bits per heavy atom. The van der Waals surface area contributed by atoms with Crippen molar-refractivity contribution >= 4 is 11.8 Å². The van der Waals surface area contributed by atoms with E-state index in [0.717, 1.165) is 62.4 Å². The van der Waals surface area contributed by atoms with Gasteiger partial charge in [0, 0.05) is 51.2 Å². The number of ether oxygens (including phenoxy) is 1. The number of halogens is 3. The number of nitrogens with zero attached hydrogens (tertiary/aromatic N) is 5. The van der Waals surface area contributed by atoms with Gasteiger partial charge in [0.25, 0.3) is 0 Å². The molecule has 0 unspecified atom stereocenters. The van der Waals surface area contributed by atoms with Crippen LogP contribution in [0, 0.1) is 0 Å². The SMILES string of the molecule is FC(F)(F)c1ccc(CN2CCC(Nc3ccnc(N4CCOCC4)n3)CC2)cn1. The maximum atomic E-state index is 12.6. The molecule has 0 spiro atoms. The van der Waals surface area contributed by atoms with Crippen molar-refractivity contribution in [2.24, 2.45) is 0 Å². The fourth-order valence-corrected chi connectivity index (χ4v) is 3.73. The molecule has 0 aromatic carbocycles. The molecule has 0 saturated carbocycles. The normalized spacial score (nSPS) is 19.1. The summed E-state index contributed by atoms with van der Waals surface area (Å²) < 4.78 is 43.3. The number of rotatable bonds is 5. The molecule has 162 valence electrons. The molecule has 2 aliphatic heterocycles. The smallest absolute Gasteiger partial charge is 0.378 e. The minimum Gasteiger partial charge on any atom is -0.378 e. The summed E-state index contributed by atoms with van der Waals surface area (Å²) >= 11 is 0. The van der Waals surface area contributed by atoms with E-state index in [1.165, 1.54) is 12.3 Å². The second kappa shape index (κ2) is 9.13. The van der Waals surface area contributed by atoms with Crippen LogP contribution in [0.3, 0.4) is 0 Å². The summed E-state index contributed by atoms with van der Waals surface area (Å²) in [6.07, 6.45) is 0.565. The maximum absolute atomic E-state index is 12.6. The maximum Gasteiger partial charge on any atom is 0.433 e. The summed E-state index contributed by atoms with van der Waals surface area (Å²) in [5, 5.41) is 3.50. The molecule has 0 radical (unpaired) electrons. The van der Waals surface area contributed by atoms with Gasteiger partial charge in [0.05, 0.1) is 13.2 Å². The van der Waals surface area contributed by atoms with E-state index < -0.39 is 11.9 Å². The zero-order valence-corrected chi connectivity index (χ0v) is 16.6. The van der Waals surface area contributed by atoms with Crippen LogP contribution in [0.15, 0.2) is 30.6 Å². The average Bonchev–Trinajstić information content (AvgIpc) is 2.76. The Morgan fingerprint density at radius 1 is 1.03 bits per heavy atom. The molecule has 2 aliphatic rings. The lowest BCUT2D eigenvalue weighted by atomic mass is 10.0. The first kappa shape index (κ1) is 20.8. The number of hydrogen-bond donors (Lipinski definition) is 1. The monoisotopic (exact) mass is 422 g/mol. The number of pyridine rings is 1. The molecule has 1 N–H and O–H groups in total. The minimum absolute atomic E-state index is 0.305. The predicted octanol–water partition coefficient (Wildman–Crippen LogP) is 2.80. The van der Waals surface area contributed by atoms with Crippen molar-refractivity contribution in [2.75, 3.05) is 49.6 Å². The summed E-state index contributed by atoms with van der Waals surface area (Å²) in [5.41, 5.74) is -0.0594. The molecular formula is C20H25F3N6O. The largest absolute Gasteiger partial charge is 0.433 e. The lowest BCUT2D eigenvalue weighted by molar-refractivity contribution is -0.141. The quantitative estimate of drug-likeness (QED) is 0.795. The molecule has 2 fully saturated rings. The van der Waals surface area contributed by atoms with E-state index in [1.807, 2.05) is 6.07 Å². The summed E-state index contributed by atoms with van der Waals surface area (Å²) in [7, 11) is 0. The standard InChI is InChI=1S/C20H25F3N6O/c21-20(22,23)17-2-1-15(13-25-17)14-28-7-4-16(5-8-28)26-18-3-6-24-19(27-18)29-9-11-30-12-10-29/h1-3,6,13,16H,4-5,7-12,14H2,(H,24,26,27). The van der Waals surface area contributed by atoms with Crippen LogP contribution in [0.2, 0.25) is 0 Å². The second-order valence-electron chi connectivity index (χ2n) is 7.59. The van der Waals surface area contributed by atoms with Gasteiger partial charge in [-0.3, -0.25) is 9.88 Å². The molecule has 7 nitrogen and oxygen atoms in total. The second-order valence-corrected chi connectivity index (χ2v) is 7.59. The average molecular weight is 422 g/mol. The van der Waals surface area contributed by atoms with Gasteiger partial charge in [-0.15, -0.1) is 0 Å². The Kier molecular flexibility index (Phi) is 6.33. The first-order valence-electron chi connectivity index (χ1n) is 10.1. The number of hydrogen-bond acceptors (Lipinski definition) is 7. The highest BCUT2D eigenvalue weighted by Gasteiger charge is 2.32. The number of aromatic nitrogens is 3. The summed E-state index contributed by atoms with van der Waals surface area (Å²) in [4.78, 5) is 16.9. The lowest BCUT2D eigenvalue weighted by Gasteiger charge is -2.33.